The number of halogens is 2. The van der Waals surface area contributed by atoms with Crippen molar-refractivity contribution in [3.63, 3.8) is 0 Å². The van der Waals surface area contributed by atoms with Crippen LogP contribution in [0.3, 0.4) is 0 Å². The molecule has 0 unspecified atom stereocenters. The third kappa shape index (κ3) is 3.16. The van der Waals surface area contributed by atoms with Crippen molar-refractivity contribution in [2.75, 3.05) is 4.90 Å². The molecule has 0 saturated heterocycles. The molecule has 0 N–H and O–H groups in total. The minimum Gasteiger partial charge on any atom is -0.308 e. The van der Waals surface area contributed by atoms with E-state index in [0.717, 1.165) is 24.1 Å². The van der Waals surface area contributed by atoms with E-state index in [9.17, 15) is 9.18 Å². The maximum Gasteiger partial charge on any atom is 0.227 e. The van der Waals surface area contributed by atoms with Crippen molar-refractivity contribution >= 4 is 27.5 Å². The molecule has 0 atom stereocenters. The van der Waals surface area contributed by atoms with Crippen LogP contribution >= 0.6 is 15.9 Å². The largest absolute Gasteiger partial charge is 0.308 e. The molecule has 0 bridgehead atoms. The Morgan fingerprint density at radius 1 is 1.14 bits per heavy atom. The SMILES string of the molecule is O=C1CCCc2ccccc2N1Cc1cc(F)cc(Br)c1. The Balaban J connectivity index is 1.97. The van der Waals surface area contributed by atoms with Crippen LogP contribution in [0.5, 0.6) is 0 Å². The Kier molecular flexibility index (Phi) is 4.06. The lowest BCUT2D eigenvalue weighted by atomic mass is 10.1. The number of carbonyl (C=O) groups excluding carboxylic acids is 1. The number of hydrogen-bond donors (Lipinski definition) is 0. The van der Waals surface area contributed by atoms with E-state index in [1.54, 1.807) is 4.90 Å². The molecule has 3 rings (SSSR count). The summed E-state index contributed by atoms with van der Waals surface area (Å²) in [6.07, 6.45) is 2.30. The zero-order valence-electron chi connectivity index (χ0n) is 11.5. The Morgan fingerprint density at radius 2 is 1.95 bits per heavy atom. The van der Waals surface area contributed by atoms with Gasteiger partial charge in [-0.3, -0.25) is 4.79 Å². The minimum absolute atomic E-state index is 0.0975. The van der Waals surface area contributed by atoms with Crippen molar-refractivity contribution < 1.29 is 9.18 Å². The van der Waals surface area contributed by atoms with Crippen LogP contribution in [-0.2, 0) is 17.8 Å². The number of hydrogen-bond acceptors (Lipinski definition) is 1. The molecule has 21 heavy (non-hydrogen) atoms. The van der Waals surface area contributed by atoms with Gasteiger partial charge in [0, 0.05) is 16.6 Å². The van der Waals surface area contributed by atoms with E-state index in [0.29, 0.717) is 17.4 Å². The minimum atomic E-state index is -0.296. The zero-order valence-corrected chi connectivity index (χ0v) is 13.1. The second-order valence-electron chi connectivity index (χ2n) is 5.24. The van der Waals surface area contributed by atoms with E-state index in [4.69, 9.17) is 0 Å². The summed E-state index contributed by atoms with van der Waals surface area (Å²) in [6.45, 7) is 0.395. The van der Waals surface area contributed by atoms with Gasteiger partial charge in [-0.05, 0) is 48.2 Å². The summed E-state index contributed by atoms with van der Waals surface area (Å²) in [5, 5.41) is 0. The molecule has 108 valence electrons. The number of benzene rings is 2. The predicted molar refractivity (Wildman–Crippen MR) is 84.7 cm³/mol. The fraction of sp³-hybridized carbons (Fsp3) is 0.235. The number of anilines is 1. The van der Waals surface area contributed by atoms with Crippen LogP contribution in [0, 0.1) is 5.82 Å². The van der Waals surface area contributed by atoms with Gasteiger partial charge in [-0.25, -0.2) is 4.39 Å². The highest BCUT2D eigenvalue weighted by molar-refractivity contribution is 9.10. The molecular weight excluding hydrogens is 333 g/mol. The highest BCUT2D eigenvalue weighted by Gasteiger charge is 2.22. The Morgan fingerprint density at radius 3 is 2.76 bits per heavy atom. The van der Waals surface area contributed by atoms with Gasteiger partial charge >= 0.3 is 0 Å². The third-order valence-corrected chi connectivity index (χ3v) is 4.14. The molecule has 1 amide bonds. The first-order valence-corrected chi connectivity index (χ1v) is 7.76. The molecular formula is C17H15BrFNO. The topological polar surface area (TPSA) is 20.3 Å². The summed E-state index contributed by atoms with van der Waals surface area (Å²) in [5.74, 6) is -0.199. The molecule has 1 heterocycles. The number of fused-ring (bicyclic) bond motifs is 1. The molecule has 0 spiro atoms. The van der Waals surface area contributed by atoms with E-state index < -0.39 is 0 Å². The second kappa shape index (κ2) is 5.98. The van der Waals surface area contributed by atoms with Gasteiger partial charge in [0.05, 0.1) is 6.54 Å². The number of carbonyl (C=O) groups is 1. The van der Waals surface area contributed by atoms with Gasteiger partial charge in [-0.1, -0.05) is 34.1 Å². The molecule has 2 aromatic carbocycles. The second-order valence-corrected chi connectivity index (χ2v) is 6.16. The van der Waals surface area contributed by atoms with Crippen LogP contribution in [0.2, 0.25) is 0 Å². The number of nitrogens with zero attached hydrogens (tertiary/aromatic N) is 1. The standard InChI is InChI=1S/C17H15BrFNO/c18-14-8-12(9-15(19)10-14)11-20-16-6-2-1-4-13(16)5-3-7-17(20)21/h1-2,4,6,8-10H,3,5,7,11H2. The number of aryl methyl sites for hydroxylation is 1. The van der Waals surface area contributed by atoms with Gasteiger partial charge in [0.1, 0.15) is 5.82 Å². The quantitative estimate of drug-likeness (QED) is 0.785. The van der Waals surface area contributed by atoms with Gasteiger partial charge in [-0.15, -0.1) is 0 Å². The maximum absolute atomic E-state index is 13.5. The highest BCUT2D eigenvalue weighted by Crippen LogP contribution is 2.28. The van der Waals surface area contributed by atoms with Gasteiger partial charge in [0.25, 0.3) is 0 Å². The average molecular weight is 348 g/mol. The summed E-state index contributed by atoms with van der Waals surface area (Å²) in [6, 6.07) is 12.7. The van der Waals surface area contributed by atoms with Crippen LogP contribution in [-0.4, -0.2) is 5.91 Å². The van der Waals surface area contributed by atoms with Crippen molar-refractivity contribution in [2.45, 2.75) is 25.8 Å². The maximum atomic E-state index is 13.5. The molecule has 1 aliphatic heterocycles. The summed E-state index contributed by atoms with van der Waals surface area (Å²) >= 11 is 3.30. The first-order valence-electron chi connectivity index (χ1n) is 6.97. The molecule has 0 radical (unpaired) electrons. The van der Waals surface area contributed by atoms with Gasteiger partial charge in [-0.2, -0.15) is 0 Å². The number of amides is 1. The fourth-order valence-electron chi connectivity index (χ4n) is 2.74. The summed E-state index contributed by atoms with van der Waals surface area (Å²) in [5.41, 5.74) is 2.91. The Bertz CT molecular complexity index is 666. The summed E-state index contributed by atoms with van der Waals surface area (Å²) in [7, 11) is 0. The monoisotopic (exact) mass is 347 g/mol. The normalized spacial score (nSPS) is 14.8. The zero-order chi connectivity index (χ0) is 14.8. The van der Waals surface area contributed by atoms with Crippen LogP contribution in [0.1, 0.15) is 24.0 Å². The van der Waals surface area contributed by atoms with E-state index in [-0.39, 0.29) is 11.7 Å². The van der Waals surface area contributed by atoms with Crippen LogP contribution in [0.15, 0.2) is 46.9 Å². The predicted octanol–water partition coefficient (Wildman–Crippen LogP) is 4.46. The van der Waals surface area contributed by atoms with Crippen molar-refractivity contribution in [1.29, 1.82) is 0 Å². The lowest BCUT2D eigenvalue weighted by Gasteiger charge is -2.23. The average Bonchev–Trinajstić information content (AvgIpc) is 2.58. The van der Waals surface area contributed by atoms with Crippen molar-refractivity contribution in [2.24, 2.45) is 0 Å². The highest BCUT2D eigenvalue weighted by atomic mass is 79.9. The van der Waals surface area contributed by atoms with Crippen LogP contribution < -0.4 is 4.90 Å². The lowest BCUT2D eigenvalue weighted by molar-refractivity contribution is -0.118. The Hall–Kier alpha value is -1.68. The van der Waals surface area contributed by atoms with Crippen LogP contribution in [0.25, 0.3) is 0 Å². The summed E-state index contributed by atoms with van der Waals surface area (Å²) in [4.78, 5) is 14.1. The van der Waals surface area contributed by atoms with E-state index in [1.165, 1.54) is 17.7 Å². The number of para-hydroxylation sites is 1. The van der Waals surface area contributed by atoms with E-state index >= 15 is 0 Å². The molecule has 1 aliphatic rings. The van der Waals surface area contributed by atoms with Crippen LogP contribution in [0.4, 0.5) is 10.1 Å². The number of rotatable bonds is 2. The van der Waals surface area contributed by atoms with E-state index in [1.807, 2.05) is 24.3 Å². The van der Waals surface area contributed by atoms with Crippen molar-refractivity contribution in [3.8, 4) is 0 Å². The van der Waals surface area contributed by atoms with Gasteiger partial charge in [0.2, 0.25) is 5.91 Å². The Labute approximate surface area is 131 Å². The lowest BCUT2D eigenvalue weighted by Crippen LogP contribution is -2.29. The van der Waals surface area contributed by atoms with Crippen molar-refractivity contribution in [3.05, 3.63) is 63.9 Å². The fourth-order valence-corrected chi connectivity index (χ4v) is 3.26. The molecule has 2 nitrogen and oxygen atoms in total. The van der Waals surface area contributed by atoms with E-state index in [2.05, 4.69) is 22.0 Å². The molecule has 4 heteroatoms. The molecule has 0 fully saturated rings. The molecule has 0 aromatic heterocycles. The molecule has 0 saturated carbocycles. The first-order chi connectivity index (χ1) is 10.1. The first kappa shape index (κ1) is 14.3. The van der Waals surface area contributed by atoms with Crippen molar-refractivity contribution in [1.82, 2.24) is 0 Å². The summed E-state index contributed by atoms with van der Waals surface area (Å²) < 4.78 is 14.2. The molecule has 2 aromatic rings. The molecule has 0 aliphatic carbocycles. The third-order valence-electron chi connectivity index (χ3n) is 3.68. The smallest absolute Gasteiger partial charge is 0.227 e. The van der Waals surface area contributed by atoms with Gasteiger partial charge in [0.15, 0.2) is 0 Å². The van der Waals surface area contributed by atoms with Gasteiger partial charge < -0.3 is 4.90 Å².